The van der Waals surface area contributed by atoms with Crippen molar-refractivity contribution in [2.24, 2.45) is 5.92 Å². The molecule has 0 unspecified atom stereocenters. The average Bonchev–Trinajstić information content (AvgIpc) is 2.75. The normalized spacial score (nSPS) is 18.8. The molecule has 0 aliphatic carbocycles. The number of carbonyl (C=O) groups excluding carboxylic acids is 2. The number of amides is 2. The SMILES string of the molecule is Cc1cccc(CC(=O)N2CCCC[C@@H]2c2nc(C)c3c(n2)N(CC(C)C)C(=O)CC3)c1. The van der Waals surface area contributed by atoms with E-state index < -0.39 is 0 Å². The first kappa shape index (κ1) is 22.4. The van der Waals surface area contributed by atoms with Crippen LogP contribution in [-0.2, 0) is 22.4 Å². The molecule has 2 aromatic rings. The van der Waals surface area contributed by atoms with E-state index in [0.717, 1.165) is 54.0 Å². The van der Waals surface area contributed by atoms with Gasteiger partial charge in [-0.2, -0.15) is 0 Å². The molecule has 3 heterocycles. The monoisotopic (exact) mass is 434 g/mol. The summed E-state index contributed by atoms with van der Waals surface area (Å²) in [6.45, 7) is 9.67. The predicted octanol–water partition coefficient (Wildman–Crippen LogP) is 4.32. The van der Waals surface area contributed by atoms with Gasteiger partial charge in [-0.1, -0.05) is 43.7 Å². The van der Waals surface area contributed by atoms with Gasteiger partial charge in [0.1, 0.15) is 5.82 Å². The number of hydrogen-bond donors (Lipinski definition) is 0. The highest BCUT2D eigenvalue weighted by atomic mass is 16.2. The highest BCUT2D eigenvalue weighted by Gasteiger charge is 2.34. The zero-order chi connectivity index (χ0) is 22.8. The zero-order valence-electron chi connectivity index (χ0n) is 19.7. The first-order chi connectivity index (χ1) is 15.3. The average molecular weight is 435 g/mol. The Morgan fingerprint density at radius 2 is 1.97 bits per heavy atom. The first-order valence-electron chi connectivity index (χ1n) is 11.9. The Morgan fingerprint density at radius 3 is 2.72 bits per heavy atom. The number of aryl methyl sites for hydroxylation is 2. The lowest BCUT2D eigenvalue weighted by Gasteiger charge is -2.36. The molecule has 0 bridgehead atoms. The summed E-state index contributed by atoms with van der Waals surface area (Å²) in [6.07, 6.45) is 4.49. The van der Waals surface area contributed by atoms with Crippen molar-refractivity contribution < 1.29 is 9.59 Å². The fourth-order valence-electron chi connectivity index (χ4n) is 4.90. The fraction of sp³-hybridized carbons (Fsp3) is 0.538. The molecular weight excluding hydrogens is 400 g/mol. The van der Waals surface area contributed by atoms with Gasteiger partial charge >= 0.3 is 0 Å². The maximum Gasteiger partial charge on any atom is 0.228 e. The molecule has 1 aromatic carbocycles. The van der Waals surface area contributed by atoms with Crippen LogP contribution >= 0.6 is 0 Å². The largest absolute Gasteiger partial charge is 0.332 e. The number of rotatable bonds is 5. The summed E-state index contributed by atoms with van der Waals surface area (Å²) in [6, 6.07) is 8.00. The summed E-state index contributed by atoms with van der Waals surface area (Å²) >= 11 is 0. The van der Waals surface area contributed by atoms with Gasteiger partial charge in [-0.15, -0.1) is 0 Å². The summed E-state index contributed by atoms with van der Waals surface area (Å²) in [5.41, 5.74) is 4.20. The van der Waals surface area contributed by atoms with Crippen LogP contribution in [0.1, 0.15) is 73.8 Å². The van der Waals surface area contributed by atoms with Crippen molar-refractivity contribution in [1.82, 2.24) is 14.9 Å². The van der Waals surface area contributed by atoms with E-state index in [9.17, 15) is 9.59 Å². The molecular formula is C26H34N4O2. The van der Waals surface area contributed by atoms with E-state index in [1.165, 1.54) is 0 Å². The Morgan fingerprint density at radius 1 is 1.16 bits per heavy atom. The molecule has 1 aromatic heterocycles. The number of piperidine rings is 1. The van der Waals surface area contributed by atoms with Crippen LogP contribution in [0.3, 0.4) is 0 Å². The maximum atomic E-state index is 13.3. The molecule has 0 radical (unpaired) electrons. The van der Waals surface area contributed by atoms with Crippen LogP contribution < -0.4 is 4.90 Å². The van der Waals surface area contributed by atoms with E-state index in [4.69, 9.17) is 9.97 Å². The van der Waals surface area contributed by atoms with Crippen molar-refractivity contribution in [3.63, 3.8) is 0 Å². The number of aromatic nitrogens is 2. The zero-order valence-corrected chi connectivity index (χ0v) is 19.7. The standard InChI is InChI=1S/C26H34N4O2/c1-17(2)16-30-23(31)12-11-21-19(4)27-25(28-26(21)30)22-10-5-6-13-29(22)24(32)15-20-9-7-8-18(3)14-20/h7-9,14,17,22H,5-6,10-13,15-16H2,1-4H3/t22-/m1/s1. The van der Waals surface area contributed by atoms with Gasteiger partial charge in [0.2, 0.25) is 11.8 Å². The topological polar surface area (TPSA) is 66.4 Å². The highest BCUT2D eigenvalue weighted by Crippen LogP contribution is 2.34. The van der Waals surface area contributed by atoms with Crippen LogP contribution in [0.2, 0.25) is 0 Å². The molecule has 32 heavy (non-hydrogen) atoms. The van der Waals surface area contributed by atoms with Crippen molar-refractivity contribution in [1.29, 1.82) is 0 Å². The third-order valence-electron chi connectivity index (χ3n) is 6.46. The minimum absolute atomic E-state index is 0.120. The number of anilines is 1. The molecule has 6 heteroatoms. The number of nitrogens with zero attached hydrogens (tertiary/aromatic N) is 4. The fourth-order valence-corrected chi connectivity index (χ4v) is 4.90. The Balaban J connectivity index is 1.65. The van der Waals surface area contributed by atoms with Crippen molar-refractivity contribution in [2.75, 3.05) is 18.0 Å². The highest BCUT2D eigenvalue weighted by molar-refractivity contribution is 5.95. The van der Waals surface area contributed by atoms with E-state index in [1.807, 2.05) is 41.8 Å². The van der Waals surface area contributed by atoms with Crippen LogP contribution in [0.15, 0.2) is 24.3 Å². The van der Waals surface area contributed by atoms with Crippen LogP contribution in [0, 0.1) is 19.8 Å². The third-order valence-corrected chi connectivity index (χ3v) is 6.46. The van der Waals surface area contributed by atoms with E-state index in [2.05, 4.69) is 19.9 Å². The minimum atomic E-state index is -0.136. The summed E-state index contributed by atoms with van der Waals surface area (Å²) < 4.78 is 0. The van der Waals surface area contributed by atoms with Crippen molar-refractivity contribution in [3.05, 3.63) is 52.5 Å². The number of benzene rings is 1. The van der Waals surface area contributed by atoms with E-state index in [1.54, 1.807) is 0 Å². The molecule has 6 nitrogen and oxygen atoms in total. The first-order valence-corrected chi connectivity index (χ1v) is 11.9. The number of likely N-dealkylation sites (tertiary alicyclic amines) is 1. The molecule has 0 N–H and O–H groups in total. The number of hydrogen-bond acceptors (Lipinski definition) is 4. The van der Waals surface area contributed by atoms with Crippen LogP contribution in [0.25, 0.3) is 0 Å². The maximum absolute atomic E-state index is 13.3. The second-order valence-corrected chi connectivity index (χ2v) is 9.63. The molecule has 1 atom stereocenters. The van der Waals surface area contributed by atoms with Gasteiger partial charge < -0.3 is 4.90 Å². The van der Waals surface area contributed by atoms with Crippen LogP contribution in [0.4, 0.5) is 5.82 Å². The predicted molar refractivity (Wildman–Crippen MR) is 125 cm³/mol. The summed E-state index contributed by atoms with van der Waals surface area (Å²) in [7, 11) is 0. The minimum Gasteiger partial charge on any atom is -0.332 e. The van der Waals surface area contributed by atoms with E-state index in [-0.39, 0.29) is 17.9 Å². The lowest BCUT2D eigenvalue weighted by atomic mass is 9.98. The van der Waals surface area contributed by atoms with Crippen LogP contribution in [-0.4, -0.2) is 39.8 Å². The van der Waals surface area contributed by atoms with E-state index in [0.29, 0.717) is 37.5 Å². The van der Waals surface area contributed by atoms with Crippen LogP contribution in [0.5, 0.6) is 0 Å². The van der Waals surface area contributed by atoms with E-state index >= 15 is 0 Å². The summed E-state index contributed by atoms with van der Waals surface area (Å²) in [4.78, 5) is 39.6. The van der Waals surface area contributed by atoms with Gasteiger partial charge in [-0.05, 0) is 51.0 Å². The molecule has 0 spiro atoms. The Hall–Kier alpha value is -2.76. The van der Waals surface area contributed by atoms with Gasteiger partial charge in [-0.25, -0.2) is 9.97 Å². The van der Waals surface area contributed by atoms with Crippen molar-refractivity contribution in [3.8, 4) is 0 Å². The number of carbonyl (C=O) groups is 2. The molecule has 2 aliphatic rings. The second kappa shape index (κ2) is 9.39. The molecule has 1 fully saturated rings. The molecule has 0 saturated carbocycles. The van der Waals surface area contributed by atoms with Gasteiger partial charge in [-0.3, -0.25) is 14.5 Å². The van der Waals surface area contributed by atoms with Crippen molar-refractivity contribution in [2.45, 2.75) is 72.3 Å². The Bertz CT molecular complexity index is 1020. The second-order valence-electron chi connectivity index (χ2n) is 9.63. The van der Waals surface area contributed by atoms with Gasteiger partial charge in [0.25, 0.3) is 0 Å². The Labute approximate surface area is 191 Å². The summed E-state index contributed by atoms with van der Waals surface area (Å²) in [5, 5.41) is 0. The molecule has 170 valence electrons. The van der Waals surface area contributed by atoms with Gasteiger partial charge in [0.05, 0.1) is 12.5 Å². The van der Waals surface area contributed by atoms with Crippen molar-refractivity contribution >= 4 is 17.6 Å². The lowest BCUT2D eigenvalue weighted by molar-refractivity contribution is -0.134. The Kier molecular flexibility index (Phi) is 6.58. The lowest BCUT2D eigenvalue weighted by Crippen LogP contribution is -2.42. The molecule has 2 aliphatic heterocycles. The quantitative estimate of drug-likeness (QED) is 0.703. The number of fused-ring (bicyclic) bond motifs is 1. The summed E-state index contributed by atoms with van der Waals surface area (Å²) in [5.74, 6) is 2.04. The molecule has 4 rings (SSSR count). The molecule has 1 saturated heterocycles. The van der Waals surface area contributed by atoms with Gasteiger partial charge in [0.15, 0.2) is 5.82 Å². The third kappa shape index (κ3) is 4.69. The van der Waals surface area contributed by atoms with Gasteiger partial charge in [0, 0.05) is 30.8 Å². The molecule has 2 amide bonds. The smallest absolute Gasteiger partial charge is 0.228 e.